The predicted octanol–water partition coefficient (Wildman–Crippen LogP) is 5.40. The second-order valence-corrected chi connectivity index (χ2v) is 9.82. The molecule has 4 rings (SSSR count). The second-order valence-electron chi connectivity index (χ2n) is 8.67. The molecule has 0 bridgehead atoms. The second kappa shape index (κ2) is 12.9. The third-order valence-electron chi connectivity index (χ3n) is 6.01. The van der Waals surface area contributed by atoms with Crippen LogP contribution < -0.4 is 5.32 Å². The van der Waals surface area contributed by atoms with E-state index in [0.717, 1.165) is 11.1 Å². The predicted molar refractivity (Wildman–Crippen MR) is 133 cm³/mol. The van der Waals surface area contributed by atoms with E-state index in [1.807, 2.05) is 12.1 Å². The zero-order valence-electron chi connectivity index (χ0n) is 20.3. The fourth-order valence-corrected chi connectivity index (χ4v) is 4.84. The monoisotopic (exact) mass is 569 g/mol. The van der Waals surface area contributed by atoms with Gasteiger partial charge in [-0.1, -0.05) is 36.4 Å². The smallest absolute Gasteiger partial charge is 0.261 e. The number of carbonyl (C=O) groups excluding carboxylic acids is 1. The van der Waals surface area contributed by atoms with E-state index in [2.05, 4.69) is 5.32 Å². The summed E-state index contributed by atoms with van der Waals surface area (Å²) in [6.45, 7) is -0.102. The number of amides is 1. The molecule has 0 spiro atoms. The van der Waals surface area contributed by atoms with Gasteiger partial charge >= 0.3 is 0 Å². The SMILES string of the molecule is O=C(Nc1cccc(C2OC(CSCCO)CC(c3ccc(CO)cc3)O2)c1)c1c(F)c(F)c(F)c(F)c1F. The first kappa shape index (κ1) is 29.0. The number of rotatable bonds is 9. The van der Waals surface area contributed by atoms with Crippen LogP contribution in [0.15, 0.2) is 48.5 Å². The summed E-state index contributed by atoms with van der Waals surface area (Å²) in [5.41, 5.74) is 0.408. The van der Waals surface area contributed by atoms with E-state index in [-0.39, 0.29) is 25.0 Å². The normalized spacial score (nSPS) is 19.2. The van der Waals surface area contributed by atoms with Gasteiger partial charge in [-0.15, -0.1) is 0 Å². The molecule has 12 heteroatoms. The third kappa shape index (κ3) is 6.59. The summed E-state index contributed by atoms with van der Waals surface area (Å²) in [5.74, 6) is -11.7. The molecular formula is C27H24F5NO5S. The van der Waals surface area contributed by atoms with Gasteiger partial charge in [-0.2, -0.15) is 11.8 Å². The van der Waals surface area contributed by atoms with Crippen LogP contribution in [0.1, 0.15) is 45.9 Å². The van der Waals surface area contributed by atoms with E-state index < -0.39 is 53.0 Å². The van der Waals surface area contributed by atoms with Gasteiger partial charge in [0.2, 0.25) is 5.82 Å². The van der Waals surface area contributed by atoms with Gasteiger partial charge in [0.1, 0.15) is 5.56 Å². The van der Waals surface area contributed by atoms with Crippen LogP contribution in [0.4, 0.5) is 27.6 Å². The van der Waals surface area contributed by atoms with E-state index in [1.54, 1.807) is 18.2 Å². The minimum absolute atomic E-state index is 0.00809. The molecule has 3 unspecified atom stereocenters. The summed E-state index contributed by atoms with van der Waals surface area (Å²) in [7, 11) is 0. The van der Waals surface area contributed by atoms with Crippen LogP contribution in [0.5, 0.6) is 0 Å². The number of hydrogen-bond acceptors (Lipinski definition) is 6. The number of hydrogen-bond donors (Lipinski definition) is 3. The molecule has 1 aliphatic heterocycles. The molecule has 3 aromatic rings. The molecule has 0 radical (unpaired) electrons. The zero-order valence-corrected chi connectivity index (χ0v) is 21.1. The molecule has 39 heavy (non-hydrogen) atoms. The molecule has 0 aromatic heterocycles. The van der Waals surface area contributed by atoms with Crippen molar-refractivity contribution in [3.8, 4) is 0 Å². The number of anilines is 1. The Labute approximate surface area is 224 Å². The van der Waals surface area contributed by atoms with Crippen molar-refractivity contribution in [2.45, 2.75) is 31.5 Å². The van der Waals surface area contributed by atoms with Crippen LogP contribution in [0.3, 0.4) is 0 Å². The number of benzene rings is 3. The molecule has 1 fully saturated rings. The largest absolute Gasteiger partial charge is 0.396 e. The average molecular weight is 570 g/mol. The lowest BCUT2D eigenvalue weighted by atomic mass is 10.0. The molecule has 1 saturated heterocycles. The fourth-order valence-electron chi connectivity index (χ4n) is 4.06. The van der Waals surface area contributed by atoms with Crippen molar-refractivity contribution in [3.63, 3.8) is 0 Å². The van der Waals surface area contributed by atoms with E-state index in [9.17, 15) is 31.9 Å². The number of aliphatic hydroxyl groups excluding tert-OH is 2. The van der Waals surface area contributed by atoms with Gasteiger partial charge < -0.3 is 25.0 Å². The van der Waals surface area contributed by atoms with Crippen LogP contribution in [-0.2, 0) is 16.1 Å². The maximum atomic E-state index is 14.1. The molecule has 1 heterocycles. The Bertz CT molecular complexity index is 1300. The van der Waals surface area contributed by atoms with Gasteiger partial charge in [-0.05, 0) is 23.3 Å². The van der Waals surface area contributed by atoms with E-state index in [4.69, 9.17) is 14.6 Å². The standard InChI is InChI=1S/C27H24F5NO5S/c28-21-20(22(29)24(31)25(32)23(21)30)26(36)33-17-3-1-2-16(10-17)27-37-18(13-39-9-8-34)11-19(38-27)15-6-4-14(12-35)5-7-15/h1-7,10,18-19,27,34-35H,8-9,11-13H2,(H,33,36). The highest BCUT2D eigenvalue weighted by atomic mass is 32.2. The molecule has 1 amide bonds. The summed E-state index contributed by atoms with van der Waals surface area (Å²) in [5, 5.41) is 20.6. The Morgan fingerprint density at radius 3 is 2.21 bits per heavy atom. The lowest BCUT2D eigenvalue weighted by molar-refractivity contribution is -0.245. The van der Waals surface area contributed by atoms with Crippen molar-refractivity contribution in [2.75, 3.05) is 23.4 Å². The van der Waals surface area contributed by atoms with Crippen LogP contribution in [0.2, 0.25) is 0 Å². The van der Waals surface area contributed by atoms with Crippen LogP contribution >= 0.6 is 11.8 Å². The third-order valence-corrected chi connectivity index (χ3v) is 7.09. The molecule has 3 N–H and O–H groups in total. The highest BCUT2D eigenvalue weighted by molar-refractivity contribution is 7.99. The van der Waals surface area contributed by atoms with Crippen molar-refractivity contribution >= 4 is 23.4 Å². The first-order chi connectivity index (χ1) is 18.7. The quantitative estimate of drug-likeness (QED) is 0.139. The summed E-state index contributed by atoms with van der Waals surface area (Å²) in [4.78, 5) is 12.5. The first-order valence-corrected chi connectivity index (χ1v) is 13.0. The summed E-state index contributed by atoms with van der Waals surface area (Å²) < 4.78 is 81.0. The highest BCUT2D eigenvalue weighted by Crippen LogP contribution is 2.39. The van der Waals surface area contributed by atoms with E-state index in [0.29, 0.717) is 23.5 Å². The number of nitrogens with one attached hydrogen (secondary N) is 1. The van der Waals surface area contributed by atoms with Crippen LogP contribution in [0.25, 0.3) is 0 Å². The molecule has 208 valence electrons. The summed E-state index contributed by atoms with van der Waals surface area (Å²) in [6, 6.07) is 13.1. The van der Waals surface area contributed by atoms with E-state index in [1.165, 1.54) is 30.0 Å². The molecular weight excluding hydrogens is 545 g/mol. The maximum absolute atomic E-state index is 14.1. The zero-order chi connectivity index (χ0) is 28.1. The molecule has 0 saturated carbocycles. The van der Waals surface area contributed by atoms with Gasteiger partial charge in [0.25, 0.3) is 5.91 Å². The number of aliphatic hydroxyl groups is 2. The van der Waals surface area contributed by atoms with Crippen molar-refractivity contribution in [3.05, 3.63) is 99.9 Å². The minimum Gasteiger partial charge on any atom is -0.396 e. The van der Waals surface area contributed by atoms with Crippen molar-refractivity contribution in [2.24, 2.45) is 0 Å². The Balaban J connectivity index is 1.57. The van der Waals surface area contributed by atoms with Gasteiger partial charge in [-0.3, -0.25) is 4.79 Å². The molecule has 0 aliphatic carbocycles. The van der Waals surface area contributed by atoms with Gasteiger partial charge in [0.15, 0.2) is 29.6 Å². The Morgan fingerprint density at radius 1 is 0.897 bits per heavy atom. The number of thioether (sulfide) groups is 1. The van der Waals surface area contributed by atoms with E-state index >= 15 is 0 Å². The Morgan fingerprint density at radius 2 is 1.56 bits per heavy atom. The Kier molecular flexibility index (Phi) is 9.57. The minimum atomic E-state index is -2.36. The molecule has 6 nitrogen and oxygen atoms in total. The number of halogens is 5. The van der Waals surface area contributed by atoms with Crippen LogP contribution in [-0.4, -0.2) is 40.3 Å². The topological polar surface area (TPSA) is 88.0 Å². The number of ether oxygens (including phenoxy) is 2. The van der Waals surface area contributed by atoms with Gasteiger partial charge in [0.05, 0.1) is 25.4 Å². The Hall–Kier alpha value is -3.03. The van der Waals surface area contributed by atoms with Gasteiger partial charge in [0, 0.05) is 29.2 Å². The van der Waals surface area contributed by atoms with Crippen molar-refractivity contribution < 1.29 is 46.4 Å². The lowest BCUT2D eigenvalue weighted by Gasteiger charge is -2.36. The lowest BCUT2D eigenvalue weighted by Crippen LogP contribution is -2.31. The van der Waals surface area contributed by atoms with Crippen molar-refractivity contribution in [1.29, 1.82) is 0 Å². The van der Waals surface area contributed by atoms with Crippen molar-refractivity contribution in [1.82, 2.24) is 0 Å². The molecule has 3 aromatic carbocycles. The fraction of sp³-hybridized carbons (Fsp3) is 0.296. The first-order valence-electron chi connectivity index (χ1n) is 11.9. The number of carbonyl (C=O) groups is 1. The molecule has 1 aliphatic rings. The maximum Gasteiger partial charge on any atom is 0.261 e. The summed E-state index contributed by atoms with van der Waals surface area (Å²) in [6.07, 6.45) is -1.10. The van der Waals surface area contributed by atoms with Gasteiger partial charge in [-0.25, -0.2) is 22.0 Å². The summed E-state index contributed by atoms with van der Waals surface area (Å²) >= 11 is 1.50. The highest BCUT2D eigenvalue weighted by Gasteiger charge is 2.33. The average Bonchev–Trinajstić information content (AvgIpc) is 2.95. The molecule has 3 atom stereocenters. The van der Waals surface area contributed by atoms with Crippen LogP contribution in [0, 0.1) is 29.1 Å².